The Morgan fingerprint density at radius 3 is 1.88 bits per heavy atom. The molecule has 148 valence electrons. The van der Waals surface area contributed by atoms with Crippen molar-refractivity contribution in [3.05, 3.63) is 0 Å². The van der Waals surface area contributed by atoms with Crippen molar-refractivity contribution in [1.29, 1.82) is 0 Å². The van der Waals surface area contributed by atoms with Crippen molar-refractivity contribution < 1.29 is 0 Å². The molecule has 0 aromatic rings. The van der Waals surface area contributed by atoms with Crippen molar-refractivity contribution in [1.82, 2.24) is 10.2 Å². The smallest absolute Gasteiger partial charge is 0.0601 e. The Balaban J connectivity index is 1.50. The SMILES string of the molecule is CCCCCCCCCCCCC(CCC)NC1CC2CCN1CC2. The lowest BCUT2D eigenvalue weighted by atomic mass is 9.86. The summed E-state index contributed by atoms with van der Waals surface area (Å²) in [6.45, 7) is 7.34. The second kappa shape index (κ2) is 13.1. The Bertz CT molecular complexity index is 309. The van der Waals surface area contributed by atoms with E-state index in [-0.39, 0.29) is 0 Å². The lowest BCUT2D eigenvalue weighted by Gasteiger charge is -2.47. The second-order valence-corrected chi connectivity index (χ2v) is 8.85. The highest BCUT2D eigenvalue weighted by atomic mass is 15.3. The third-order valence-electron chi connectivity index (χ3n) is 6.62. The fraction of sp³-hybridized carbons (Fsp3) is 1.00. The number of fused-ring (bicyclic) bond motifs is 3. The Morgan fingerprint density at radius 2 is 1.36 bits per heavy atom. The second-order valence-electron chi connectivity index (χ2n) is 8.85. The first-order valence-corrected chi connectivity index (χ1v) is 11.8. The maximum atomic E-state index is 4.04. The molecule has 3 saturated heterocycles. The molecule has 0 aromatic carbocycles. The van der Waals surface area contributed by atoms with Crippen molar-refractivity contribution in [3.63, 3.8) is 0 Å². The lowest BCUT2D eigenvalue weighted by Crippen LogP contribution is -2.57. The van der Waals surface area contributed by atoms with Crippen LogP contribution in [-0.2, 0) is 0 Å². The van der Waals surface area contributed by atoms with Gasteiger partial charge in [-0.1, -0.05) is 84.5 Å². The maximum absolute atomic E-state index is 4.04. The van der Waals surface area contributed by atoms with Crippen LogP contribution in [0.2, 0.25) is 0 Å². The average molecular weight is 351 g/mol. The van der Waals surface area contributed by atoms with Crippen molar-refractivity contribution >= 4 is 0 Å². The molecule has 0 aromatic heterocycles. The van der Waals surface area contributed by atoms with E-state index in [1.54, 1.807) is 0 Å². The first-order chi connectivity index (χ1) is 12.3. The van der Waals surface area contributed by atoms with E-state index in [9.17, 15) is 0 Å². The molecule has 2 atom stereocenters. The molecule has 2 bridgehead atoms. The van der Waals surface area contributed by atoms with E-state index >= 15 is 0 Å². The molecule has 3 heterocycles. The molecule has 0 saturated carbocycles. The van der Waals surface area contributed by atoms with Gasteiger partial charge in [0, 0.05) is 6.04 Å². The number of nitrogens with one attached hydrogen (secondary N) is 1. The van der Waals surface area contributed by atoms with Gasteiger partial charge in [0.1, 0.15) is 0 Å². The molecule has 0 spiro atoms. The first-order valence-electron chi connectivity index (χ1n) is 11.8. The van der Waals surface area contributed by atoms with Crippen molar-refractivity contribution in [3.8, 4) is 0 Å². The zero-order valence-electron chi connectivity index (χ0n) is 17.4. The molecule has 2 unspecified atom stereocenters. The summed E-state index contributed by atoms with van der Waals surface area (Å²) in [6, 6.07) is 0.767. The fourth-order valence-corrected chi connectivity index (χ4v) is 4.95. The molecule has 0 aliphatic carbocycles. The van der Waals surface area contributed by atoms with E-state index in [0.29, 0.717) is 6.17 Å². The van der Waals surface area contributed by atoms with Crippen LogP contribution in [0, 0.1) is 5.92 Å². The first kappa shape index (κ1) is 21.2. The predicted octanol–water partition coefficient (Wildman–Crippen LogP) is 6.50. The molecule has 0 amide bonds. The van der Waals surface area contributed by atoms with E-state index in [1.807, 2.05) is 0 Å². The van der Waals surface area contributed by atoms with Crippen LogP contribution in [0.1, 0.15) is 117 Å². The normalized spacial score (nSPS) is 26.9. The highest BCUT2D eigenvalue weighted by Crippen LogP contribution is 2.31. The highest BCUT2D eigenvalue weighted by molar-refractivity contribution is 4.88. The summed E-state index contributed by atoms with van der Waals surface area (Å²) in [7, 11) is 0. The molecular weight excluding hydrogens is 304 g/mol. The number of hydrogen-bond donors (Lipinski definition) is 1. The predicted molar refractivity (Wildman–Crippen MR) is 111 cm³/mol. The fourth-order valence-electron chi connectivity index (χ4n) is 4.95. The molecule has 3 aliphatic heterocycles. The summed E-state index contributed by atoms with van der Waals surface area (Å²) in [5.41, 5.74) is 0. The number of hydrogen-bond acceptors (Lipinski definition) is 2. The van der Waals surface area contributed by atoms with E-state index in [4.69, 9.17) is 0 Å². The van der Waals surface area contributed by atoms with E-state index in [2.05, 4.69) is 24.1 Å². The van der Waals surface area contributed by atoms with Gasteiger partial charge in [-0.25, -0.2) is 0 Å². The molecule has 0 radical (unpaired) electrons. The quantitative estimate of drug-likeness (QED) is 0.339. The Morgan fingerprint density at radius 1 is 0.760 bits per heavy atom. The van der Waals surface area contributed by atoms with Gasteiger partial charge in [-0.3, -0.25) is 10.2 Å². The van der Waals surface area contributed by atoms with Crippen LogP contribution < -0.4 is 5.32 Å². The standard InChI is InChI=1S/C23H46N2/c1-3-5-6-7-8-9-10-11-12-13-15-22(14-4-2)24-23-20-21-16-18-25(23)19-17-21/h21-24H,3-20H2,1-2H3. The summed E-state index contributed by atoms with van der Waals surface area (Å²) >= 11 is 0. The van der Waals surface area contributed by atoms with Crippen LogP contribution in [0.3, 0.4) is 0 Å². The van der Waals surface area contributed by atoms with Crippen LogP contribution in [0.4, 0.5) is 0 Å². The van der Waals surface area contributed by atoms with Gasteiger partial charge in [0.15, 0.2) is 0 Å². The molecule has 3 fully saturated rings. The molecule has 2 nitrogen and oxygen atoms in total. The van der Waals surface area contributed by atoms with Crippen molar-refractivity contribution in [2.24, 2.45) is 5.92 Å². The summed E-state index contributed by atoms with van der Waals surface area (Å²) in [4.78, 5) is 2.72. The zero-order chi connectivity index (χ0) is 17.7. The van der Waals surface area contributed by atoms with Gasteiger partial charge >= 0.3 is 0 Å². The van der Waals surface area contributed by atoms with E-state index < -0.39 is 0 Å². The van der Waals surface area contributed by atoms with Gasteiger partial charge in [0.25, 0.3) is 0 Å². The molecule has 1 N–H and O–H groups in total. The molecule has 25 heavy (non-hydrogen) atoms. The minimum absolute atomic E-state index is 0.701. The third-order valence-corrected chi connectivity index (χ3v) is 6.62. The van der Waals surface area contributed by atoms with Crippen LogP contribution in [0.15, 0.2) is 0 Å². The molecule has 3 rings (SSSR count). The van der Waals surface area contributed by atoms with E-state index in [1.165, 1.54) is 116 Å². The Labute approximate surface area is 158 Å². The van der Waals surface area contributed by atoms with Crippen molar-refractivity contribution in [2.75, 3.05) is 13.1 Å². The summed E-state index contributed by atoms with van der Waals surface area (Å²) < 4.78 is 0. The van der Waals surface area contributed by atoms with Gasteiger partial charge in [-0.2, -0.15) is 0 Å². The van der Waals surface area contributed by atoms with Crippen LogP contribution in [0.25, 0.3) is 0 Å². The van der Waals surface area contributed by atoms with Crippen LogP contribution in [-0.4, -0.2) is 30.2 Å². The number of nitrogens with zero attached hydrogens (tertiary/aromatic N) is 1. The van der Waals surface area contributed by atoms with Crippen LogP contribution in [0.5, 0.6) is 0 Å². The minimum atomic E-state index is 0.701. The van der Waals surface area contributed by atoms with Gasteiger partial charge in [-0.05, 0) is 51.1 Å². The Kier molecular flexibility index (Phi) is 11.2. The van der Waals surface area contributed by atoms with E-state index in [0.717, 1.165) is 12.0 Å². The van der Waals surface area contributed by atoms with Gasteiger partial charge < -0.3 is 0 Å². The lowest BCUT2D eigenvalue weighted by molar-refractivity contribution is 0.0232. The monoisotopic (exact) mass is 350 g/mol. The number of rotatable bonds is 15. The number of piperidine rings is 3. The summed E-state index contributed by atoms with van der Waals surface area (Å²) in [6.07, 6.45) is 23.6. The Hall–Kier alpha value is -0.0800. The molecular formula is C23H46N2. The minimum Gasteiger partial charge on any atom is -0.299 e. The number of unbranched alkanes of at least 4 members (excludes halogenated alkanes) is 9. The average Bonchev–Trinajstić information content (AvgIpc) is 2.64. The third kappa shape index (κ3) is 8.43. The molecule has 2 heteroatoms. The summed E-state index contributed by atoms with van der Waals surface area (Å²) in [5, 5.41) is 4.04. The largest absolute Gasteiger partial charge is 0.299 e. The zero-order valence-corrected chi connectivity index (χ0v) is 17.4. The van der Waals surface area contributed by atoms with Gasteiger partial charge in [0.05, 0.1) is 6.17 Å². The maximum Gasteiger partial charge on any atom is 0.0601 e. The van der Waals surface area contributed by atoms with Crippen molar-refractivity contribution in [2.45, 2.75) is 129 Å². The van der Waals surface area contributed by atoms with Gasteiger partial charge in [0.2, 0.25) is 0 Å². The van der Waals surface area contributed by atoms with Crippen LogP contribution >= 0.6 is 0 Å². The highest BCUT2D eigenvalue weighted by Gasteiger charge is 2.34. The summed E-state index contributed by atoms with van der Waals surface area (Å²) in [5.74, 6) is 1.02. The van der Waals surface area contributed by atoms with Gasteiger partial charge in [-0.15, -0.1) is 0 Å². The topological polar surface area (TPSA) is 15.3 Å². The molecule has 3 aliphatic rings.